The summed E-state index contributed by atoms with van der Waals surface area (Å²) in [5.41, 5.74) is 4.34. The van der Waals surface area contributed by atoms with Gasteiger partial charge < -0.3 is 10.2 Å². The first-order valence-corrected chi connectivity index (χ1v) is 8.50. The Bertz CT molecular complexity index is 661. The Balaban J connectivity index is 1.80. The van der Waals surface area contributed by atoms with Gasteiger partial charge in [0.15, 0.2) is 0 Å². The molecule has 7 heteroatoms. The average molecular weight is 344 g/mol. The number of anilines is 1. The van der Waals surface area contributed by atoms with Crippen LogP contribution in [0.5, 0.6) is 0 Å². The molecule has 1 heterocycles. The van der Waals surface area contributed by atoms with Gasteiger partial charge in [0.2, 0.25) is 5.91 Å². The Labute approximate surface area is 147 Å². The van der Waals surface area contributed by atoms with Gasteiger partial charge in [-0.3, -0.25) is 14.4 Å². The van der Waals surface area contributed by atoms with Crippen LogP contribution < -0.4 is 10.7 Å². The van der Waals surface area contributed by atoms with Crippen LogP contribution in [0.2, 0.25) is 0 Å². The van der Waals surface area contributed by atoms with Gasteiger partial charge >= 0.3 is 11.8 Å². The molecule has 3 amide bonds. The standard InChI is InChI=1S/C18H24N4O3/c1-3-14-6-8-15(9-7-14)19-17(24)18(25)21-20-13(2)12-16(23)22-10-4-5-11-22/h6-9H,3-5,10-12H2,1-2H3,(H,19,24)(H,21,25)/b20-13+. The van der Waals surface area contributed by atoms with E-state index in [1.165, 1.54) is 0 Å². The van der Waals surface area contributed by atoms with E-state index in [2.05, 4.69) is 15.8 Å². The van der Waals surface area contributed by atoms with E-state index >= 15 is 0 Å². The number of hydrazone groups is 1. The molecule has 1 aliphatic heterocycles. The molecule has 0 spiro atoms. The first kappa shape index (κ1) is 18.6. The molecule has 1 fully saturated rings. The number of amides is 3. The number of likely N-dealkylation sites (tertiary alicyclic amines) is 1. The lowest BCUT2D eigenvalue weighted by Gasteiger charge is -2.14. The van der Waals surface area contributed by atoms with E-state index in [-0.39, 0.29) is 12.3 Å². The van der Waals surface area contributed by atoms with E-state index in [1.807, 2.05) is 19.1 Å². The third-order valence-electron chi connectivity index (χ3n) is 4.04. The summed E-state index contributed by atoms with van der Waals surface area (Å²) in [5, 5.41) is 6.34. The number of aryl methyl sites for hydroxylation is 1. The summed E-state index contributed by atoms with van der Waals surface area (Å²) >= 11 is 0. The predicted octanol–water partition coefficient (Wildman–Crippen LogP) is 1.69. The molecule has 7 nitrogen and oxygen atoms in total. The molecule has 0 saturated carbocycles. The molecule has 1 aliphatic rings. The highest BCUT2D eigenvalue weighted by atomic mass is 16.2. The van der Waals surface area contributed by atoms with Crippen LogP contribution in [-0.4, -0.2) is 41.4 Å². The zero-order valence-electron chi connectivity index (χ0n) is 14.7. The Hall–Kier alpha value is -2.70. The molecule has 0 atom stereocenters. The lowest BCUT2D eigenvalue weighted by Crippen LogP contribution is -2.33. The van der Waals surface area contributed by atoms with Crippen LogP contribution in [0, 0.1) is 0 Å². The maximum Gasteiger partial charge on any atom is 0.329 e. The van der Waals surface area contributed by atoms with E-state index < -0.39 is 11.8 Å². The lowest BCUT2D eigenvalue weighted by atomic mass is 10.1. The Morgan fingerprint density at radius 1 is 1.08 bits per heavy atom. The number of hydrogen-bond donors (Lipinski definition) is 2. The highest BCUT2D eigenvalue weighted by molar-refractivity contribution is 6.39. The molecular weight excluding hydrogens is 320 g/mol. The minimum absolute atomic E-state index is 0.00605. The molecule has 1 aromatic carbocycles. The van der Waals surface area contributed by atoms with Gasteiger partial charge in [-0.05, 0) is 43.9 Å². The number of hydrogen-bond acceptors (Lipinski definition) is 4. The summed E-state index contributed by atoms with van der Waals surface area (Å²) in [6, 6.07) is 7.26. The van der Waals surface area contributed by atoms with Gasteiger partial charge in [0.25, 0.3) is 0 Å². The van der Waals surface area contributed by atoms with E-state index in [4.69, 9.17) is 0 Å². The van der Waals surface area contributed by atoms with Crippen LogP contribution in [0.1, 0.15) is 38.7 Å². The Kier molecular flexibility index (Phi) is 6.68. The van der Waals surface area contributed by atoms with Gasteiger partial charge in [0, 0.05) is 24.5 Å². The predicted molar refractivity (Wildman–Crippen MR) is 96.1 cm³/mol. The van der Waals surface area contributed by atoms with Gasteiger partial charge in [0.1, 0.15) is 0 Å². The minimum atomic E-state index is -0.868. The first-order chi connectivity index (χ1) is 12.0. The van der Waals surface area contributed by atoms with Gasteiger partial charge in [0.05, 0.1) is 6.42 Å². The molecule has 1 saturated heterocycles. The van der Waals surface area contributed by atoms with Crippen molar-refractivity contribution in [2.45, 2.75) is 39.5 Å². The molecule has 0 bridgehead atoms. The van der Waals surface area contributed by atoms with Crippen molar-refractivity contribution in [3.63, 3.8) is 0 Å². The zero-order chi connectivity index (χ0) is 18.2. The minimum Gasteiger partial charge on any atom is -0.342 e. The number of carbonyl (C=O) groups excluding carboxylic acids is 3. The molecule has 1 aromatic rings. The second-order valence-electron chi connectivity index (χ2n) is 6.06. The van der Waals surface area contributed by atoms with E-state index in [0.29, 0.717) is 11.4 Å². The fraction of sp³-hybridized carbons (Fsp3) is 0.444. The van der Waals surface area contributed by atoms with Gasteiger partial charge in [-0.2, -0.15) is 5.10 Å². The van der Waals surface area contributed by atoms with Crippen molar-refractivity contribution in [2.75, 3.05) is 18.4 Å². The SMILES string of the molecule is CCc1ccc(NC(=O)C(=O)N/N=C(\C)CC(=O)N2CCCC2)cc1. The van der Waals surface area contributed by atoms with Crippen molar-refractivity contribution in [2.24, 2.45) is 5.10 Å². The number of carbonyl (C=O) groups is 3. The fourth-order valence-electron chi connectivity index (χ4n) is 2.55. The molecule has 0 aliphatic carbocycles. The van der Waals surface area contributed by atoms with Crippen molar-refractivity contribution in [1.82, 2.24) is 10.3 Å². The number of benzene rings is 1. The summed E-state index contributed by atoms with van der Waals surface area (Å²) in [5.74, 6) is -1.67. The van der Waals surface area contributed by atoms with Crippen molar-refractivity contribution >= 4 is 29.1 Å². The highest BCUT2D eigenvalue weighted by Gasteiger charge is 2.18. The maximum absolute atomic E-state index is 12.0. The second kappa shape index (κ2) is 8.96. The third kappa shape index (κ3) is 5.70. The molecule has 134 valence electrons. The summed E-state index contributed by atoms with van der Waals surface area (Å²) in [7, 11) is 0. The van der Waals surface area contributed by atoms with Crippen LogP contribution in [0.4, 0.5) is 5.69 Å². The first-order valence-electron chi connectivity index (χ1n) is 8.50. The van der Waals surface area contributed by atoms with E-state index in [0.717, 1.165) is 37.9 Å². The van der Waals surface area contributed by atoms with E-state index in [9.17, 15) is 14.4 Å². The quantitative estimate of drug-likeness (QED) is 0.484. The van der Waals surface area contributed by atoms with Crippen molar-refractivity contribution < 1.29 is 14.4 Å². The molecule has 0 radical (unpaired) electrons. The summed E-state index contributed by atoms with van der Waals surface area (Å²) in [6.45, 7) is 5.24. The highest BCUT2D eigenvalue weighted by Crippen LogP contribution is 2.10. The Morgan fingerprint density at radius 2 is 1.72 bits per heavy atom. The average Bonchev–Trinajstić information content (AvgIpc) is 3.15. The summed E-state index contributed by atoms with van der Waals surface area (Å²) < 4.78 is 0. The topological polar surface area (TPSA) is 90.9 Å². The normalized spacial score (nSPS) is 14.3. The lowest BCUT2D eigenvalue weighted by molar-refractivity contribution is -0.136. The second-order valence-corrected chi connectivity index (χ2v) is 6.06. The molecule has 0 unspecified atom stereocenters. The van der Waals surface area contributed by atoms with Crippen molar-refractivity contribution in [3.8, 4) is 0 Å². The number of nitrogens with one attached hydrogen (secondary N) is 2. The number of nitrogens with zero attached hydrogens (tertiary/aromatic N) is 2. The fourth-order valence-corrected chi connectivity index (χ4v) is 2.55. The monoisotopic (exact) mass is 344 g/mol. The third-order valence-corrected chi connectivity index (χ3v) is 4.04. The van der Waals surface area contributed by atoms with Gasteiger partial charge in [-0.25, -0.2) is 5.43 Å². The molecule has 25 heavy (non-hydrogen) atoms. The largest absolute Gasteiger partial charge is 0.342 e. The molecular formula is C18H24N4O3. The number of rotatable bonds is 5. The van der Waals surface area contributed by atoms with Crippen LogP contribution in [-0.2, 0) is 20.8 Å². The molecule has 2 rings (SSSR count). The van der Waals surface area contributed by atoms with Crippen LogP contribution in [0.25, 0.3) is 0 Å². The van der Waals surface area contributed by atoms with E-state index in [1.54, 1.807) is 24.0 Å². The zero-order valence-corrected chi connectivity index (χ0v) is 14.7. The maximum atomic E-state index is 12.0. The van der Waals surface area contributed by atoms with Gasteiger partial charge in [-0.15, -0.1) is 0 Å². The smallest absolute Gasteiger partial charge is 0.329 e. The van der Waals surface area contributed by atoms with Gasteiger partial charge in [-0.1, -0.05) is 19.1 Å². The Morgan fingerprint density at radius 3 is 2.32 bits per heavy atom. The van der Waals surface area contributed by atoms with Crippen molar-refractivity contribution in [1.29, 1.82) is 0 Å². The summed E-state index contributed by atoms with van der Waals surface area (Å²) in [6.07, 6.45) is 3.09. The van der Waals surface area contributed by atoms with Crippen LogP contribution >= 0.6 is 0 Å². The molecule has 0 aromatic heterocycles. The summed E-state index contributed by atoms with van der Waals surface area (Å²) in [4.78, 5) is 37.4. The van der Waals surface area contributed by atoms with Crippen LogP contribution in [0.15, 0.2) is 29.4 Å². The molecule has 2 N–H and O–H groups in total. The van der Waals surface area contributed by atoms with Crippen molar-refractivity contribution in [3.05, 3.63) is 29.8 Å². The van der Waals surface area contributed by atoms with Crippen LogP contribution in [0.3, 0.4) is 0 Å².